The second kappa shape index (κ2) is 8.67. The van der Waals surface area contributed by atoms with Crippen LogP contribution in [0.1, 0.15) is 30.3 Å². The Morgan fingerprint density at radius 2 is 1.86 bits per heavy atom. The van der Waals surface area contributed by atoms with Crippen molar-refractivity contribution in [1.82, 2.24) is 15.1 Å². The number of hydrogen-bond donors (Lipinski definition) is 1. The molecule has 0 saturated heterocycles. The third kappa shape index (κ3) is 4.37. The first-order valence-corrected chi connectivity index (χ1v) is 9.26. The summed E-state index contributed by atoms with van der Waals surface area (Å²) < 4.78 is 1.55. The molecular weight excluding hydrogens is 380 g/mol. The number of carbonyl (C=O) groups excluding carboxylic acids is 1. The molecule has 1 amide bonds. The minimum Gasteiger partial charge on any atom is -0.351 e. The van der Waals surface area contributed by atoms with Gasteiger partial charge in [0.1, 0.15) is 5.69 Å². The van der Waals surface area contributed by atoms with Gasteiger partial charge in [0.05, 0.1) is 16.3 Å². The predicted octanol–water partition coefficient (Wildman–Crippen LogP) is 4.63. The van der Waals surface area contributed by atoms with E-state index in [1.807, 2.05) is 0 Å². The largest absolute Gasteiger partial charge is 0.351 e. The van der Waals surface area contributed by atoms with Gasteiger partial charge in [-0.3, -0.25) is 14.9 Å². The van der Waals surface area contributed by atoms with E-state index in [1.54, 1.807) is 47.1 Å². The van der Waals surface area contributed by atoms with Crippen molar-refractivity contribution >= 4 is 23.2 Å². The molecule has 0 aliphatic carbocycles. The van der Waals surface area contributed by atoms with Crippen LogP contribution in [0, 0.1) is 10.1 Å². The Kier molecular flexibility index (Phi) is 6.06. The quantitative estimate of drug-likeness (QED) is 0.357. The smallest absolute Gasteiger partial charge is 0.270 e. The highest BCUT2D eigenvalue weighted by molar-refractivity contribution is 6.30. The average Bonchev–Trinajstić information content (AvgIpc) is 3.14. The molecule has 144 valence electrons. The van der Waals surface area contributed by atoms with Crippen LogP contribution in [0.5, 0.6) is 0 Å². The molecule has 1 aromatic heterocycles. The first kappa shape index (κ1) is 19.6. The van der Waals surface area contributed by atoms with Crippen molar-refractivity contribution < 1.29 is 9.72 Å². The Balaban J connectivity index is 2.00. The summed E-state index contributed by atoms with van der Waals surface area (Å²) in [7, 11) is 0. The van der Waals surface area contributed by atoms with Gasteiger partial charge in [-0.1, -0.05) is 24.9 Å². The van der Waals surface area contributed by atoms with Crippen LogP contribution in [0.2, 0.25) is 5.02 Å². The normalized spacial score (nSPS) is 10.6. The fourth-order valence-electron chi connectivity index (χ4n) is 2.69. The van der Waals surface area contributed by atoms with Crippen molar-refractivity contribution in [1.29, 1.82) is 0 Å². The molecule has 1 heterocycles. The van der Waals surface area contributed by atoms with Crippen molar-refractivity contribution in [2.45, 2.75) is 19.8 Å². The van der Waals surface area contributed by atoms with Gasteiger partial charge in [-0.05, 0) is 48.9 Å². The standard InChI is InChI=1S/C20H19ClN4O3/c1-2-3-12-22-20(26)19-13-18(14-4-8-17(9-5-14)25(27)28)23-24(19)16-10-6-15(21)7-11-16/h4-11,13H,2-3,12H2,1H3,(H,22,26). The number of nitro groups is 1. The summed E-state index contributed by atoms with van der Waals surface area (Å²) in [5.74, 6) is -0.232. The van der Waals surface area contributed by atoms with Gasteiger partial charge in [0.25, 0.3) is 11.6 Å². The molecule has 0 aliphatic rings. The zero-order valence-corrected chi connectivity index (χ0v) is 16.0. The van der Waals surface area contributed by atoms with Gasteiger partial charge in [0.15, 0.2) is 0 Å². The third-order valence-electron chi connectivity index (χ3n) is 4.20. The molecule has 7 nitrogen and oxygen atoms in total. The Morgan fingerprint density at radius 1 is 1.18 bits per heavy atom. The molecular formula is C20H19ClN4O3. The van der Waals surface area contributed by atoms with E-state index in [2.05, 4.69) is 17.3 Å². The lowest BCUT2D eigenvalue weighted by Gasteiger charge is -2.08. The predicted molar refractivity (Wildman–Crippen MR) is 108 cm³/mol. The fourth-order valence-corrected chi connectivity index (χ4v) is 2.81. The first-order chi connectivity index (χ1) is 13.5. The summed E-state index contributed by atoms with van der Waals surface area (Å²) in [4.78, 5) is 23.1. The van der Waals surface area contributed by atoms with Gasteiger partial charge in [-0.2, -0.15) is 5.10 Å². The lowest BCUT2D eigenvalue weighted by molar-refractivity contribution is -0.384. The van der Waals surface area contributed by atoms with Crippen LogP contribution >= 0.6 is 11.6 Å². The van der Waals surface area contributed by atoms with E-state index in [4.69, 9.17) is 11.6 Å². The summed E-state index contributed by atoms with van der Waals surface area (Å²) >= 11 is 5.96. The molecule has 0 spiro atoms. The number of aromatic nitrogens is 2. The maximum Gasteiger partial charge on any atom is 0.270 e. The zero-order valence-electron chi connectivity index (χ0n) is 15.3. The topological polar surface area (TPSA) is 90.1 Å². The number of rotatable bonds is 7. The molecule has 3 aromatic rings. The summed E-state index contributed by atoms with van der Waals surface area (Å²) in [6.45, 7) is 2.63. The number of carbonyl (C=O) groups is 1. The monoisotopic (exact) mass is 398 g/mol. The SMILES string of the molecule is CCCCNC(=O)c1cc(-c2ccc([N+](=O)[O-])cc2)nn1-c1ccc(Cl)cc1. The highest BCUT2D eigenvalue weighted by Gasteiger charge is 2.18. The molecule has 1 N–H and O–H groups in total. The van der Waals surface area contributed by atoms with Gasteiger partial charge < -0.3 is 5.32 Å². The summed E-state index contributed by atoms with van der Waals surface area (Å²) in [5, 5.41) is 18.9. The molecule has 0 aliphatic heterocycles. The second-order valence-electron chi connectivity index (χ2n) is 6.22. The molecule has 0 fully saturated rings. The minimum atomic E-state index is -0.456. The van der Waals surface area contributed by atoms with Crippen LogP contribution in [0.25, 0.3) is 16.9 Å². The Bertz CT molecular complexity index is 982. The van der Waals surface area contributed by atoms with Crippen molar-refractivity contribution in [3.05, 3.63) is 75.4 Å². The number of non-ortho nitro benzene ring substituents is 1. The van der Waals surface area contributed by atoms with Crippen molar-refractivity contribution in [2.24, 2.45) is 0 Å². The van der Waals surface area contributed by atoms with Crippen LogP contribution in [-0.2, 0) is 0 Å². The van der Waals surface area contributed by atoms with Crippen LogP contribution in [0.4, 0.5) is 5.69 Å². The number of benzene rings is 2. The van der Waals surface area contributed by atoms with Gasteiger partial charge in [-0.15, -0.1) is 0 Å². The van der Waals surface area contributed by atoms with Gasteiger partial charge >= 0.3 is 0 Å². The molecule has 0 bridgehead atoms. The Labute approximate surface area is 167 Å². The van der Waals surface area contributed by atoms with E-state index in [-0.39, 0.29) is 11.6 Å². The Hall–Kier alpha value is -3.19. The molecule has 28 heavy (non-hydrogen) atoms. The zero-order chi connectivity index (χ0) is 20.1. The molecule has 2 aromatic carbocycles. The van der Waals surface area contributed by atoms with Crippen molar-refractivity contribution in [3.8, 4) is 16.9 Å². The van der Waals surface area contributed by atoms with Crippen molar-refractivity contribution in [2.75, 3.05) is 6.54 Å². The van der Waals surface area contributed by atoms with Gasteiger partial charge in [0.2, 0.25) is 0 Å². The lowest BCUT2D eigenvalue weighted by Crippen LogP contribution is -2.26. The van der Waals surface area contributed by atoms with Crippen molar-refractivity contribution in [3.63, 3.8) is 0 Å². The highest BCUT2D eigenvalue weighted by atomic mass is 35.5. The number of nitrogens with zero attached hydrogens (tertiary/aromatic N) is 3. The number of nitrogens with one attached hydrogen (secondary N) is 1. The van der Waals surface area contributed by atoms with E-state index in [0.29, 0.717) is 34.2 Å². The van der Waals surface area contributed by atoms with E-state index in [9.17, 15) is 14.9 Å². The van der Waals surface area contributed by atoms with Crippen LogP contribution < -0.4 is 5.32 Å². The highest BCUT2D eigenvalue weighted by Crippen LogP contribution is 2.24. The van der Waals surface area contributed by atoms with Crippen LogP contribution in [0.15, 0.2) is 54.6 Å². The molecule has 0 saturated carbocycles. The maximum atomic E-state index is 12.7. The first-order valence-electron chi connectivity index (χ1n) is 8.88. The summed E-state index contributed by atoms with van der Waals surface area (Å²) in [5.41, 5.74) is 2.30. The van der Waals surface area contributed by atoms with E-state index in [1.165, 1.54) is 12.1 Å². The Morgan fingerprint density at radius 3 is 2.46 bits per heavy atom. The number of nitro benzene ring substituents is 1. The molecule has 0 unspecified atom stereocenters. The fraction of sp³-hybridized carbons (Fsp3) is 0.200. The third-order valence-corrected chi connectivity index (χ3v) is 4.45. The number of hydrogen-bond acceptors (Lipinski definition) is 4. The lowest BCUT2D eigenvalue weighted by atomic mass is 10.1. The molecule has 8 heteroatoms. The van der Waals surface area contributed by atoms with Crippen LogP contribution in [0.3, 0.4) is 0 Å². The number of amides is 1. The van der Waals surface area contributed by atoms with E-state index < -0.39 is 4.92 Å². The number of halogens is 1. The van der Waals surface area contributed by atoms with Crippen LogP contribution in [-0.4, -0.2) is 27.2 Å². The number of unbranched alkanes of at least 4 members (excludes halogenated alkanes) is 1. The summed E-state index contributed by atoms with van der Waals surface area (Å²) in [6, 6.07) is 14.7. The summed E-state index contributed by atoms with van der Waals surface area (Å²) in [6.07, 6.45) is 1.86. The van der Waals surface area contributed by atoms with Gasteiger partial charge in [-0.25, -0.2) is 4.68 Å². The minimum absolute atomic E-state index is 0.00147. The molecule has 0 atom stereocenters. The van der Waals surface area contributed by atoms with Gasteiger partial charge in [0, 0.05) is 29.3 Å². The molecule has 0 radical (unpaired) electrons. The average molecular weight is 399 g/mol. The van der Waals surface area contributed by atoms with E-state index in [0.717, 1.165) is 12.8 Å². The molecule has 3 rings (SSSR count). The second-order valence-corrected chi connectivity index (χ2v) is 6.65. The maximum absolute atomic E-state index is 12.7. The van der Waals surface area contributed by atoms with E-state index >= 15 is 0 Å².